The number of sulfonamides is 1. The summed E-state index contributed by atoms with van der Waals surface area (Å²) in [4.78, 5) is 11.3. The molecule has 144 valence electrons. The minimum atomic E-state index is -3.81. The number of carboxylic acids is 1. The summed E-state index contributed by atoms with van der Waals surface area (Å²) in [7, 11) is -3.81. The summed E-state index contributed by atoms with van der Waals surface area (Å²) in [6.07, 6.45) is 0. The number of carbonyl (C=O) groups is 1. The van der Waals surface area contributed by atoms with Crippen LogP contribution in [0.25, 0.3) is 5.69 Å². The zero-order valence-electron chi connectivity index (χ0n) is 14.2. The summed E-state index contributed by atoms with van der Waals surface area (Å²) in [5.41, 5.74) is 12.5. The maximum absolute atomic E-state index is 11.4. The summed E-state index contributed by atoms with van der Waals surface area (Å²) < 4.78 is 23.7. The molecule has 0 aliphatic carbocycles. The molecule has 1 heterocycles. The Balaban J connectivity index is 1.97. The number of hydrogen-bond donors (Lipinski definition) is 4. The van der Waals surface area contributed by atoms with Crippen LogP contribution in [-0.2, 0) is 10.0 Å². The second-order valence-electron chi connectivity index (χ2n) is 5.59. The lowest BCUT2D eigenvalue weighted by Gasteiger charge is -2.07. The van der Waals surface area contributed by atoms with Crippen LogP contribution in [0.4, 0.5) is 23.0 Å². The fraction of sp³-hybridized carbons (Fsp3) is 0. The van der Waals surface area contributed by atoms with E-state index in [-0.39, 0.29) is 33.5 Å². The van der Waals surface area contributed by atoms with Crippen molar-refractivity contribution < 1.29 is 18.3 Å². The van der Waals surface area contributed by atoms with Crippen LogP contribution >= 0.6 is 0 Å². The van der Waals surface area contributed by atoms with E-state index in [0.29, 0.717) is 5.69 Å². The average molecular weight is 401 g/mol. The van der Waals surface area contributed by atoms with E-state index in [0.717, 1.165) is 4.68 Å². The van der Waals surface area contributed by atoms with E-state index in [2.05, 4.69) is 15.3 Å². The number of primary sulfonamides is 1. The molecule has 0 saturated carbocycles. The highest BCUT2D eigenvalue weighted by Crippen LogP contribution is 2.33. The van der Waals surface area contributed by atoms with Crippen LogP contribution < -0.4 is 16.6 Å². The monoisotopic (exact) mass is 401 g/mol. The number of carboxylic acid groups (broad SMARTS) is 1. The van der Waals surface area contributed by atoms with Gasteiger partial charge in [-0.05, 0) is 36.4 Å². The van der Waals surface area contributed by atoms with Crippen LogP contribution in [0.5, 0.6) is 0 Å². The number of para-hydroxylation sites is 1. The molecular formula is C16H15N7O4S. The molecule has 0 fully saturated rings. The predicted octanol–water partition coefficient (Wildman–Crippen LogP) is 1.80. The van der Waals surface area contributed by atoms with Crippen molar-refractivity contribution in [1.82, 2.24) is 9.78 Å². The van der Waals surface area contributed by atoms with Crippen molar-refractivity contribution in [3.8, 4) is 5.69 Å². The zero-order chi connectivity index (χ0) is 20.5. The number of hydrogen-bond acceptors (Lipinski definition) is 8. The molecule has 3 rings (SSSR count). The fourth-order valence-electron chi connectivity index (χ4n) is 2.38. The molecule has 12 heteroatoms. The first-order chi connectivity index (χ1) is 13.2. The number of rotatable bonds is 5. The summed E-state index contributed by atoms with van der Waals surface area (Å²) in [6.45, 7) is 0. The number of nitrogens with two attached hydrogens (primary N) is 3. The smallest absolute Gasteiger partial charge is 0.337 e. The molecule has 0 saturated heterocycles. The van der Waals surface area contributed by atoms with Crippen LogP contribution in [0.1, 0.15) is 10.4 Å². The third kappa shape index (κ3) is 3.67. The normalized spacial score (nSPS) is 11.8. The summed E-state index contributed by atoms with van der Waals surface area (Å²) in [5, 5.41) is 26.3. The van der Waals surface area contributed by atoms with Gasteiger partial charge in [0.25, 0.3) is 0 Å². The van der Waals surface area contributed by atoms with E-state index in [9.17, 15) is 18.3 Å². The van der Waals surface area contributed by atoms with Crippen molar-refractivity contribution in [2.24, 2.45) is 15.4 Å². The van der Waals surface area contributed by atoms with Gasteiger partial charge in [-0.3, -0.25) is 0 Å². The van der Waals surface area contributed by atoms with Gasteiger partial charge in [0, 0.05) is 0 Å². The molecule has 7 N–H and O–H groups in total. The highest BCUT2D eigenvalue weighted by molar-refractivity contribution is 7.89. The number of anilines is 2. The van der Waals surface area contributed by atoms with Crippen LogP contribution in [0.2, 0.25) is 0 Å². The van der Waals surface area contributed by atoms with Crippen molar-refractivity contribution in [2.75, 3.05) is 11.5 Å². The second-order valence-corrected chi connectivity index (χ2v) is 7.15. The molecule has 0 aliphatic heterocycles. The Morgan fingerprint density at radius 2 is 1.68 bits per heavy atom. The van der Waals surface area contributed by atoms with Crippen molar-refractivity contribution in [3.63, 3.8) is 0 Å². The lowest BCUT2D eigenvalue weighted by Crippen LogP contribution is -2.11. The number of azo groups is 1. The Bertz CT molecular complexity index is 1180. The Morgan fingerprint density at radius 3 is 2.29 bits per heavy atom. The minimum absolute atomic E-state index is 0.00361. The molecule has 11 nitrogen and oxygen atoms in total. The average Bonchev–Trinajstić information content (AvgIpc) is 2.93. The van der Waals surface area contributed by atoms with Gasteiger partial charge in [-0.25, -0.2) is 23.0 Å². The number of aromatic carboxylic acids is 1. The SMILES string of the molecule is Nc1nn(-c2ccccc2C(=O)O)c(N)c1N=Nc1ccc(S(N)(=O)=O)cc1. The van der Waals surface area contributed by atoms with E-state index in [1.54, 1.807) is 12.1 Å². The third-order valence-electron chi connectivity index (χ3n) is 3.71. The Kier molecular flexibility index (Phi) is 4.81. The van der Waals surface area contributed by atoms with Gasteiger partial charge in [-0.15, -0.1) is 10.2 Å². The fourth-order valence-corrected chi connectivity index (χ4v) is 2.89. The maximum Gasteiger partial charge on any atom is 0.337 e. The van der Waals surface area contributed by atoms with E-state index in [4.69, 9.17) is 16.6 Å². The highest BCUT2D eigenvalue weighted by Gasteiger charge is 2.19. The van der Waals surface area contributed by atoms with Crippen LogP contribution in [0.15, 0.2) is 63.7 Å². The standard InChI is InChI=1S/C16H15N7O4S/c17-14-13(21-20-9-5-7-10(8-6-9)28(19,26)27)15(18)23(22-14)12-4-2-1-3-11(12)16(24)25/h1-8H,18H2,(H2,17,22)(H,24,25)(H2,19,26,27). The second kappa shape index (κ2) is 7.09. The van der Waals surface area contributed by atoms with Crippen LogP contribution in [0.3, 0.4) is 0 Å². The van der Waals surface area contributed by atoms with Gasteiger partial charge in [-0.1, -0.05) is 12.1 Å². The number of nitrogen functional groups attached to an aromatic ring is 2. The molecule has 0 aliphatic rings. The molecular weight excluding hydrogens is 386 g/mol. The molecule has 2 aromatic carbocycles. The van der Waals surface area contributed by atoms with E-state index in [1.807, 2.05) is 0 Å². The first-order valence-electron chi connectivity index (χ1n) is 7.69. The lowest BCUT2D eigenvalue weighted by molar-refractivity contribution is 0.0696. The molecule has 3 aromatic rings. The van der Waals surface area contributed by atoms with Crippen LogP contribution in [0, 0.1) is 0 Å². The van der Waals surface area contributed by atoms with E-state index < -0.39 is 16.0 Å². The molecule has 0 radical (unpaired) electrons. The third-order valence-corrected chi connectivity index (χ3v) is 4.64. The Hall–Kier alpha value is -3.77. The quantitative estimate of drug-likeness (QED) is 0.468. The summed E-state index contributed by atoms with van der Waals surface area (Å²) >= 11 is 0. The predicted molar refractivity (Wildman–Crippen MR) is 101 cm³/mol. The van der Waals surface area contributed by atoms with Crippen molar-refractivity contribution >= 4 is 39.0 Å². The topological polar surface area (TPSA) is 192 Å². The molecule has 28 heavy (non-hydrogen) atoms. The molecule has 0 spiro atoms. The van der Waals surface area contributed by atoms with Crippen molar-refractivity contribution in [3.05, 3.63) is 54.1 Å². The van der Waals surface area contributed by atoms with Gasteiger partial charge in [0.1, 0.15) is 0 Å². The van der Waals surface area contributed by atoms with Gasteiger partial charge in [-0.2, -0.15) is 5.11 Å². The van der Waals surface area contributed by atoms with Gasteiger partial charge in [0.15, 0.2) is 17.3 Å². The maximum atomic E-state index is 11.4. The molecule has 0 unspecified atom stereocenters. The molecule has 0 atom stereocenters. The molecule has 0 bridgehead atoms. The number of aromatic nitrogens is 2. The Labute approximate surface area is 159 Å². The van der Waals surface area contributed by atoms with Gasteiger partial charge < -0.3 is 16.6 Å². The van der Waals surface area contributed by atoms with Gasteiger partial charge in [0.05, 0.1) is 21.8 Å². The number of nitrogens with zero attached hydrogens (tertiary/aromatic N) is 4. The summed E-state index contributed by atoms with van der Waals surface area (Å²) in [5.74, 6) is -1.21. The van der Waals surface area contributed by atoms with Crippen molar-refractivity contribution in [1.29, 1.82) is 0 Å². The zero-order valence-corrected chi connectivity index (χ0v) is 15.0. The largest absolute Gasteiger partial charge is 0.478 e. The lowest BCUT2D eigenvalue weighted by atomic mass is 10.2. The first kappa shape index (κ1) is 19.0. The summed E-state index contributed by atoms with van der Waals surface area (Å²) in [6, 6.07) is 11.5. The van der Waals surface area contributed by atoms with E-state index >= 15 is 0 Å². The minimum Gasteiger partial charge on any atom is -0.478 e. The molecule has 1 aromatic heterocycles. The first-order valence-corrected chi connectivity index (χ1v) is 9.24. The Morgan fingerprint density at radius 1 is 1.04 bits per heavy atom. The van der Waals surface area contributed by atoms with Crippen molar-refractivity contribution in [2.45, 2.75) is 4.90 Å². The highest BCUT2D eigenvalue weighted by atomic mass is 32.2. The molecule has 0 amide bonds. The van der Waals surface area contributed by atoms with Crippen LogP contribution in [-0.4, -0.2) is 29.3 Å². The van der Waals surface area contributed by atoms with E-state index in [1.165, 1.54) is 36.4 Å². The van der Waals surface area contributed by atoms with Gasteiger partial charge in [0.2, 0.25) is 10.0 Å². The number of benzene rings is 2. The van der Waals surface area contributed by atoms with Gasteiger partial charge >= 0.3 is 5.97 Å².